The van der Waals surface area contributed by atoms with Gasteiger partial charge in [0.05, 0.1) is 13.1 Å². The molecule has 26 heavy (non-hydrogen) atoms. The second-order valence-electron chi connectivity index (χ2n) is 6.07. The van der Waals surface area contributed by atoms with Gasteiger partial charge >= 0.3 is 0 Å². The van der Waals surface area contributed by atoms with E-state index < -0.39 is 0 Å². The fraction of sp³-hybridized carbons (Fsp3) is 0.250. The molecule has 2 aromatic carbocycles. The molecule has 0 saturated carbocycles. The van der Waals surface area contributed by atoms with Crippen LogP contribution >= 0.6 is 0 Å². The van der Waals surface area contributed by atoms with E-state index in [0.717, 1.165) is 11.2 Å². The van der Waals surface area contributed by atoms with Crippen molar-refractivity contribution in [2.24, 2.45) is 4.99 Å². The summed E-state index contributed by atoms with van der Waals surface area (Å²) >= 11 is 0. The van der Waals surface area contributed by atoms with Gasteiger partial charge in [-0.3, -0.25) is 4.99 Å². The Morgan fingerprint density at radius 2 is 2.00 bits per heavy atom. The number of para-hydroxylation sites is 1. The number of nitrogens with zero attached hydrogens (tertiary/aromatic N) is 1. The lowest BCUT2D eigenvalue weighted by atomic mass is 10.2. The van der Waals surface area contributed by atoms with Gasteiger partial charge in [0.25, 0.3) is 0 Å². The number of aromatic nitrogens is 1. The van der Waals surface area contributed by atoms with Crippen LogP contribution in [0.15, 0.2) is 59.6 Å². The quantitative estimate of drug-likeness (QED) is 0.469. The highest BCUT2D eigenvalue weighted by atomic mass is 19.1. The molecule has 0 aliphatic rings. The first kappa shape index (κ1) is 17.8. The van der Waals surface area contributed by atoms with Gasteiger partial charge < -0.3 is 20.4 Å². The standard InChI is InChI=1S/C20H23FN4O/c1-14(26-18-8-5-7-16(21)11-18)12-23-20(22-2)24-13-17-10-15-6-3-4-9-19(15)25-17/h3-11,14,25H,12-13H2,1-2H3,(H2,22,23,24). The smallest absolute Gasteiger partial charge is 0.191 e. The topological polar surface area (TPSA) is 61.4 Å². The zero-order chi connectivity index (χ0) is 18.4. The van der Waals surface area contributed by atoms with Crippen LogP contribution in [0.4, 0.5) is 4.39 Å². The Hall–Kier alpha value is -3.02. The summed E-state index contributed by atoms with van der Waals surface area (Å²) < 4.78 is 18.9. The zero-order valence-electron chi connectivity index (χ0n) is 14.9. The van der Waals surface area contributed by atoms with Crippen molar-refractivity contribution in [1.82, 2.24) is 15.6 Å². The van der Waals surface area contributed by atoms with E-state index in [1.807, 2.05) is 19.1 Å². The highest BCUT2D eigenvalue weighted by Gasteiger charge is 2.07. The molecule has 3 aromatic rings. The number of aliphatic imine (C=N–C) groups is 1. The second-order valence-corrected chi connectivity index (χ2v) is 6.07. The van der Waals surface area contributed by atoms with Crippen LogP contribution in [0.2, 0.25) is 0 Å². The number of nitrogens with one attached hydrogen (secondary N) is 3. The third-order valence-corrected chi connectivity index (χ3v) is 3.95. The molecule has 5 nitrogen and oxygen atoms in total. The monoisotopic (exact) mass is 354 g/mol. The molecule has 0 bridgehead atoms. The van der Waals surface area contributed by atoms with Crippen molar-refractivity contribution >= 4 is 16.9 Å². The minimum atomic E-state index is -0.307. The Balaban J connectivity index is 1.48. The van der Waals surface area contributed by atoms with Crippen molar-refractivity contribution < 1.29 is 9.13 Å². The number of hydrogen-bond donors (Lipinski definition) is 3. The van der Waals surface area contributed by atoms with Crippen molar-refractivity contribution in [2.75, 3.05) is 13.6 Å². The maximum absolute atomic E-state index is 13.2. The fourth-order valence-electron chi connectivity index (χ4n) is 2.68. The van der Waals surface area contributed by atoms with Gasteiger partial charge in [0, 0.05) is 24.3 Å². The second kappa shape index (κ2) is 8.38. The van der Waals surface area contributed by atoms with E-state index >= 15 is 0 Å². The minimum absolute atomic E-state index is 0.136. The Bertz CT molecular complexity index is 857. The van der Waals surface area contributed by atoms with Gasteiger partial charge in [-0.15, -0.1) is 0 Å². The molecule has 1 aromatic heterocycles. The molecule has 3 rings (SSSR count). The molecule has 0 saturated heterocycles. The van der Waals surface area contributed by atoms with Gasteiger partial charge in [0.1, 0.15) is 17.7 Å². The maximum Gasteiger partial charge on any atom is 0.191 e. The van der Waals surface area contributed by atoms with E-state index in [2.05, 4.69) is 38.8 Å². The Morgan fingerprint density at radius 3 is 2.77 bits per heavy atom. The first-order valence-electron chi connectivity index (χ1n) is 8.57. The number of rotatable bonds is 6. The number of ether oxygens (including phenoxy) is 1. The van der Waals surface area contributed by atoms with Crippen molar-refractivity contribution in [1.29, 1.82) is 0 Å². The summed E-state index contributed by atoms with van der Waals surface area (Å²) in [6.07, 6.45) is -0.136. The number of fused-ring (bicyclic) bond motifs is 1. The summed E-state index contributed by atoms with van der Waals surface area (Å²) in [5, 5.41) is 7.67. The largest absolute Gasteiger partial charge is 0.489 e. The van der Waals surface area contributed by atoms with Crippen molar-refractivity contribution in [3.63, 3.8) is 0 Å². The Labute approximate surface area is 152 Å². The average Bonchev–Trinajstić information content (AvgIpc) is 3.05. The van der Waals surface area contributed by atoms with E-state index in [1.54, 1.807) is 19.2 Å². The minimum Gasteiger partial charge on any atom is -0.489 e. The number of benzene rings is 2. The highest BCUT2D eigenvalue weighted by molar-refractivity contribution is 5.81. The molecule has 0 radical (unpaired) electrons. The molecular formula is C20H23FN4O. The summed E-state index contributed by atoms with van der Waals surface area (Å²) in [7, 11) is 1.72. The van der Waals surface area contributed by atoms with Crippen LogP contribution in [-0.2, 0) is 6.54 Å². The van der Waals surface area contributed by atoms with Crippen molar-refractivity contribution in [3.05, 3.63) is 66.1 Å². The van der Waals surface area contributed by atoms with E-state index in [-0.39, 0.29) is 11.9 Å². The molecule has 6 heteroatoms. The molecule has 0 spiro atoms. The van der Waals surface area contributed by atoms with E-state index in [4.69, 9.17) is 4.74 Å². The molecule has 0 aliphatic carbocycles. The van der Waals surface area contributed by atoms with Crippen molar-refractivity contribution in [2.45, 2.75) is 19.6 Å². The third-order valence-electron chi connectivity index (χ3n) is 3.95. The maximum atomic E-state index is 13.2. The van der Waals surface area contributed by atoms with Crippen LogP contribution in [0.1, 0.15) is 12.6 Å². The summed E-state index contributed by atoms with van der Waals surface area (Å²) in [5.41, 5.74) is 2.20. The predicted molar refractivity (Wildman–Crippen MR) is 103 cm³/mol. The Morgan fingerprint density at radius 1 is 1.15 bits per heavy atom. The van der Waals surface area contributed by atoms with Gasteiger partial charge in [-0.1, -0.05) is 24.3 Å². The zero-order valence-corrected chi connectivity index (χ0v) is 14.9. The van der Waals surface area contributed by atoms with E-state index in [0.29, 0.717) is 24.8 Å². The van der Waals surface area contributed by atoms with Crippen LogP contribution in [0.25, 0.3) is 10.9 Å². The summed E-state index contributed by atoms with van der Waals surface area (Å²) in [5.74, 6) is 0.886. The molecule has 3 N–H and O–H groups in total. The lowest BCUT2D eigenvalue weighted by Crippen LogP contribution is -2.41. The lowest BCUT2D eigenvalue weighted by molar-refractivity contribution is 0.223. The van der Waals surface area contributed by atoms with Gasteiger partial charge in [0.2, 0.25) is 0 Å². The molecule has 1 heterocycles. The van der Waals surface area contributed by atoms with Gasteiger partial charge in [-0.25, -0.2) is 4.39 Å². The lowest BCUT2D eigenvalue weighted by Gasteiger charge is -2.17. The molecule has 0 amide bonds. The molecule has 136 valence electrons. The summed E-state index contributed by atoms with van der Waals surface area (Å²) in [6, 6.07) is 16.4. The van der Waals surface area contributed by atoms with Crippen LogP contribution in [0, 0.1) is 5.82 Å². The van der Waals surface area contributed by atoms with E-state index in [1.165, 1.54) is 17.5 Å². The van der Waals surface area contributed by atoms with Crippen LogP contribution in [0.5, 0.6) is 5.75 Å². The van der Waals surface area contributed by atoms with Crippen LogP contribution in [0.3, 0.4) is 0 Å². The summed E-state index contributed by atoms with van der Waals surface area (Å²) in [4.78, 5) is 7.59. The number of guanidine groups is 1. The van der Waals surface area contributed by atoms with Crippen LogP contribution < -0.4 is 15.4 Å². The number of halogens is 1. The first-order valence-corrected chi connectivity index (χ1v) is 8.57. The van der Waals surface area contributed by atoms with Crippen LogP contribution in [-0.4, -0.2) is 30.6 Å². The molecule has 1 atom stereocenters. The van der Waals surface area contributed by atoms with Gasteiger partial charge in [-0.05, 0) is 36.6 Å². The van der Waals surface area contributed by atoms with E-state index in [9.17, 15) is 4.39 Å². The normalized spacial score (nSPS) is 12.8. The van der Waals surface area contributed by atoms with Gasteiger partial charge in [-0.2, -0.15) is 0 Å². The molecular weight excluding hydrogens is 331 g/mol. The molecule has 0 aliphatic heterocycles. The number of aromatic amines is 1. The van der Waals surface area contributed by atoms with Gasteiger partial charge in [0.15, 0.2) is 5.96 Å². The third kappa shape index (κ3) is 4.75. The molecule has 0 fully saturated rings. The number of hydrogen-bond acceptors (Lipinski definition) is 2. The highest BCUT2D eigenvalue weighted by Crippen LogP contribution is 2.15. The van der Waals surface area contributed by atoms with Crippen molar-refractivity contribution in [3.8, 4) is 5.75 Å². The Kier molecular flexibility index (Phi) is 5.73. The predicted octanol–water partition coefficient (Wildman–Crippen LogP) is 3.44. The fourth-order valence-corrected chi connectivity index (χ4v) is 2.68. The molecule has 1 unspecified atom stereocenters. The first-order chi connectivity index (χ1) is 12.6. The SMILES string of the molecule is CN=C(NCc1cc2ccccc2[nH]1)NCC(C)Oc1cccc(F)c1. The summed E-state index contributed by atoms with van der Waals surface area (Å²) in [6.45, 7) is 3.10. The number of H-pyrrole nitrogens is 1. The average molecular weight is 354 g/mol.